The standard InChI is InChI=1S/C13H8Cl3NO2/c14-8-2-1-3-10(13(8)16)17-6-7-4-9(15)12(19)5-11(7)18/h1-6,18-19H. The molecule has 2 rings (SSSR count). The second-order valence-corrected chi connectivity index (χ2v) is 4.89. The van der Waals surface area contributed by atoms with E-state index < -0.39 is 0 Å². The maximum absolute atomic E-state index is 9.65. The third-order valence-electron chi connectivity index (χ3n) is 2.37. The fourth-order valence-corrected chi connectivity index (χ4v) is 1.92. The summed E-state index contributed by atoms with van der Waals surface area (Å²) < 4.78 is 0. The molecule has 0 aliphatic carbocycles. The van der Waals surface area contributed by atoms with Crippen molar-refractivity contribution in [3.8, 4) is 11.5 Å². The Morgan fingerprint density at radius 2 is 1.68 bits per heavy atom. The Hall–Kier alpha value is -1.42. The first-order chi connectivity index (χ1) is 8.99. The smallest absolute Gasteiger partial charge is 0.137 e. The van der Waals surface area contributed by atoms with Crippen LogP contribution in [-0.2, 0) is 0 Å². The average Bonchev–Trinajstić information content (AvgIpc) is 2.37. The van der Waals surface area contributed by atoms with Crippen molar-refractivity contribution < 1.29 is 10.2 Å². The molecule has 0 atom stereocenters. The lowest BCUT2D eigenvalue weighted by molar-refractivity contribution is 0.450. The van der Waals surface area contributed by atoms with Crippen LogP contribution in [0.4, 0.5) is 5.69 Å². The Morgan fingerprint density at radius 1 is 0.947 bits per heavy atom. The van der Waals surface area contributed by atoms with Gasteiger partial charge in [-0.05, 0) is 18.2 Å². The molecule has 2 N–H and O–H groups in total. The number of rotatable bonds is 2. The zero-order chi connectivity index (χ0) is 14.0. The number of hydrogen-bond acceptors (Lipinski definition) is 3. The lowest BCUT2D eigenvalue weighted by Gasteiger charge is -2.03. The molecule has 2 aromatic rings. The van der Waals surface area contributed by atoms with E-state index in [4.69, 9.17) is 34.8 Å². The Labute approximate surface area is 124 Å². The molecule has 6 heteroatoms. The summed E-state index contributed by atoms with van der Waals surface area (Å²) in [5.41, 5.74) is 0.830. The third kappa shape index (κ3) is 3.13. The molecule has 0 unspecified atom stereocenters. The van der Waals surface area contributed by atoms with Gasteiger partial charge in [-0.15, -0.1) is 0 Å². The highest BCUT2D eigenvalue weighted by molar-refractivity contribution is 6.43. The molecule has 0 aliphatic heterocycles. The number of aromatic hydroxyl groups is 2. The van der Waals surface area contributed by atoms with Crippen molar-refractivity contribution in [2.45, 2.75) is 0 Å². The van der Waals surface area contributed by atoms with Crippen LogP contribution in [0.2, 0.25) is 15.1 Å². The summed E-state index contributed by atoms with van der Waals surface area (Å²) in [6.07, 6.45) is 1.39. The number of phenols is 2. The van der Waals surface area contributed by atoms with E-state index in [9.17, 15) is 10.2 Å². The number of nitrogens with zero attached hydrogens (tertiary/aromatic N) is 1. The minimum Gasteiger partial charge on any atom is -0.507 e. The number of aliphatic imine (C=N–C) groups is 1. The molecule has 2 aromatic carbocycles. The fraction of sp³-hybridized carbons (Fsp3) is 0. The summed E-state index contributed by atoms with van der Waals surface area (Å²) in [5, 5.41) is 19.8. The summed E-state index contributed by atoms with van der Waals surface area (Å²) in [6, 6.07) is 7.59. The summed E-state index contributed by atoms with van der Waals surface area (Å²) >= 11 is 17.6. The lowest BCUT2D eigenvalue weighted by Crippen LogP contribution is -1.83. The van der Waals surface area contributed by atoms with Crippen LogP contribution in [0.1, 0.15) is 5.56 Å². The summed E-state index contributed by atoms with van der Waals surface area (Å²) in [7, 11) is 0. The number of hydrogen-bond donors (Lipinski definition) is 2. The van der Waals surface area contributed by atoms with Gasteiger partial charge >= 0.3 is 0 Å². The highest BCUT2D eigenvalue weighted by Crippen LogP contribution is 2.33. The van der Waals surface area contributed by atoms with Crippen LogP contribution in [0.5, 0.6) is 11.5 Å². The zero-order valence-electron chi connectivity index (χ0n) is 9.44. The van der Waals surface area contributed by atoms with Gasteiger partial charge in [-0.2, -0.15) is 0 Å². The third-order valence-corrected chi connectivity index (χ3v) is 3.48. The van der Waals surface area contributed by atoms with E-state index >= 15 is 0 Å². The van der Waals surface area contributed by atoms with Crippen LogP contribution < -0.4 is 0 Å². The van der Waals surface area contributed by atoms with Gasteiger partial charge in [0.2, 0.25) is 0 Å². The molecule has 0 radical (unpaired) electrons. The second-order valence-electron chi connectivity index (χ2n) is 3.69. The van der Waals surface area contributed by atoms with Crippen molar-refractivity contribution in [1.29, 1.82) is 0 Å². The fourth-order valence-electron chi connectivity index (χ4n) is 1.40. The van der Waals surface area contributed by atoms with Crippen molar-refractivity contribution in [3.63, 3.8) is 0 Å². The van der Waals surface area contributed by atoms with Crippen molar-refractivity contribution >= 4 is 46.7 Å². The number of benzene rings is 2. The molecular formula is C13H8Cl3NO2. The lowest BCUT2D eigenvalue weighted by atomic mass is 10.2. The van der Waals surface area contributed by atoms with Crippen LogP contribution in [-0.4, -0.2) is 16.4 Å². The van der Waals surface area contributed by atoms with E-state index in [1.165, 1.54) is 12.3 Å². The van der Waals surface area contributed by atoms with Gasteiger partial charge in [0, 0.05) is 17.8 Å². The summed E-state index contributed by atoms with van der Waals surface area (Å²) in [6.45, 7) is 0. The van der Waals surface area contributed by atoms with E-state index in [1.54, 1.807) is 18.2 Å². The second kappa shape index (κ2) is 5.70. The van der Waals surface area contributed by atoms with Gasteiger partial charge in [-0.3, -0.25) is 4.99 Å². The van der Waals surface area contributed by atoms with Gasteiger partial charge in [0.25, 0.3) is 0 Å². The molecule has 0 spiro atoms. The Balaban J connectivity index is 2.38. The predicted molar refractivity (Wildman–Crippen MR) is 78.5 cm³/mol. The average molecular weight is 317 g/mol. The molecule has 0 saturated heterocycles. The van der Waals surface area contributed by atoms with Gasteiger partial charge in [0.15, 0.2) is 0 Å². The van der Waals surface area contributed by atoms with Crippen LogP contribution in [0.15, 0.2) is 35.3 Å². The monoisotopic (exact) mass is 315 g/mol. The first kappa shape index (κ1) is 14.0. The van der Waals surface area contributed by atoms with Crippen LogP contribution in [0.3, 0.4) is 0 Å². The van der Waals surface area contributed by atoms with Gasteiger partial charge in [0.1, 0.15) is 11.5 Å². The van der Waals surface area contributed by atoms with Crippen molar-refractivity contribution in [2.24, 2.45) is 4.99 Å². The first-order valence-corrected chi connectivity index (χ1v) is 6.32. The van der Waals surface area contributed by atoms with E-state index in [-0.39, 0.29) is 16.5 Å². The maximum Gasteiger partial charge on any atom is 0.137 e. The Kier molecular flexibility index (Phi) is 4.20. The highest BCUT2D eigenvalue weighted by Gasteiger charge is 2.06. The molecule has 0 bridgehead atoms. The van der Waals surface area contributed by atoms with Crippen LogP contribution in [0.25, 0.3) is 0 Å². The molecule has 3 nitrogen and oxygen atoms in total. The maximum atomic E-state index is 9.65. The van der Waals surface area contributed by atoms with Crippen LogP contribution >= 0.6 is 34.8 Å². The molecule has 0 aromatic heterocycles. The molecule has 0 saturated carbocycles. The largest absolute Gasteiger partial charge is 0.507 e. The number of halogens is 3. The summed E-state index contributed by atoms with van der Waals surface area (Å²) in [5.74, 6) is -0.332. The highest BCUT2D eigenvalue weighted by atomic mass is 35.5. The molecule has 98 valence electrons. The minimum absolute atomic E-state index is 0.122. The van der Waals surface area contributed by atoms with Gasteiger partial charge < -0.3 is 10.2 Å². The first-order valence-electron chi connectivity index (χ1n) is 5.18. The van der Waals surface area contributed by atoms with Crippen molar-refractivity contribution in [2.75, 3.05) is 0 Å². The van der Waals surface area contributed by atoms with Gasteiger partial charge in [-0.25, -0.2) is 0 Å². The normalized spacial score (nSPS) is 11.1. The van der Waals surface area contributed by atoms with Gasteiger partial charge in [-0.1, -0.05) is 40.9 Å². The van der Waals surface area contributed by atoms with Crippen LogP contribution in [0, 0.1) is 0 Å². The van der Waals surface area contributed by atoms with E-state index in [0.29, 0.717) is 21.3 Å². The van der Waals surface area contributed by atoms with E-state index in [1.807, 2.05) is 0 Å². The van der Waals surface area contributed by atoms with Gasteiger partial charge in [0.05, 0.1) is 20.8 Å². The summed E-state index contributed by atoms with van der Waals surface area (Å²) in [4.78, 5) is 4.13. The van der Waals surface area contributed by atoms with Crippen molar-refractivity contribution in [1.82, 2.24) is 0 Å². The Morgan fingerprint density at radius 3 is 2.42 bits per heavy atom. The topological polar surface area (TPSA) is 52.8 Å². The minimum atomic E-state index is -0.197. The SMILES string of the molecule is Oc1cc(O)c(C=Nc2cccc(Cl)c2Cl)cc1Cl. The molecule has 0 heterocycles. The molecule has 0 fully saturated rings. The quantitative estimate of drug-likeness (QED) is 0.781. The Bertz CT molecular complexity index is 657. The molecule has 0 amide bonds. The molecule has 19 heavy (non-hydrogen) atoms. The zero-order valence-corrected chi connectivity index (χ0v) is 11.7. The van der Waals surface area contributed by atoms with E-state index in [2.05, 4.69) is 4.99 Å². The molecular weight excluding hydrogens is 309 g/mol. The molecule has 0 aliphatic rings. The van der Waals surface area contributed by atoms with E-state index in [0.717, 1.165) is 6.07 Å². The van der Waals surface area contributed by atoms with Crippen molar-refractivity contribution in [3.05, 3.63) is 51.0 Å². The predicted octanol–water partition coefficient (Wildman–Crippen LogP) is 4.81. The number of phenolic OH excluding ortho intramolecular Hbond substituents is 2.